The highest BCUT2D eigenvalue weighted by Crippen LogP contribution is 2.22. The van der Waals surface area contributed by atoms with E-state index in [-0.39, 0.29) is 0 Å². The van der Waals surface area contributed by atoms with Crippen LogP contribution in [0.4, 0.5) is 11.4 Å². The molecule has 0 spiro atoms. The molecular formula is C9H14N2O3. The molecule has 2 unspecified atom stereocenters. The lowest BCUT2D eigenvalue weighted by Crippen LogP contribution is -2.22. The van der Waals surface area contributed by atoms with Crippen LogP contribution in [0.2, 0.25) is 0 Å². The first kappa shape index (κ1) is 10.8. The van der Waals surface area contributed by atoms with Crippen molar-refractivity contribution in [3.8, 4) is 0 Å². The number of aliphatic hydroxyl groups excluding tert-OH is 3. The monoisotopic (exact) mass is 198 g/mol. The Hall–Kier alpha value is -1.30. The zero-order valence-corrected chi connectivity index (χ0v) is 7.59. The van der Waals surface area contributed by atoms with E-state index >= 15 is 0 Å². The average Bonchev–Trinajstić information content (AvgIpc) is 2.20. The molecule has 1 aromatic rings. The maximum absolute atomic E-state index is 9.50. The largest absolute Gasteiger partial charge is 0.397 e. The predicted octanol–water partition coefficient (Wildman–Crippen LogP) is -0.762. The first-order valence-electron chi connectivity index (χ1n) is 4.18. The molecule has 0 heterocycles. The van der Waals surface area contributed by atoms with E-state index < -0.39 is 18.8 Å². The Labute approximate surface area is 81.6 Å². The van der Waals surface area contributed by atoms with Crippen LogP contribution < -0.4 is 11.5 Å². The van der Waals surface area contributed by atoms with Crippen LogP contribution in [0.3, 0.4) is 0 Å². The number of nitrogens with two attached hydrogens (primary N) is 2. The highest BCUT2D eigenvalue weighted by Gasteiger charge is 2.17. The van der Waals surface area contributed by atoms with E-state index in [1.54, 1.807) is 6.07 Å². The van der Waals surface area contributed by atoms with E-state index in [9.17, 15) is 5.11 Å². The van der Waals surface area contributed by atoms with E-state index in [4.69, 9.17) is 21.7 Å². The Balaban J connectivity index is 2.91. The van der Waals surface area contributed by atoms with E-state index in [1.165, 1.54) is 12.1 Å². The van der Waals surface area contributed by atoms with E-state index in [2.05, 4.69) is 0 Å². The number of hydrogen-bond acceptors (Lipinski definition) is 5. The summed E-state index contributed by atoms with van der Waals surface area (Å²) in [6.45, 7) is -0.508. The van der Waals surface area contributed by atoms with Gasteiger partial charge in [-0.2, -0.15) is 0 Å². The van der Waals surface area contributed by atoms with Gasteiger partial charge in [0.1, 0.15) is 12.2 Å². The second-order valence-corrected chi connectivity index (χ2v) is 3.08. The highest BCUT2D eigenvalue weighted by molar-refractivity contribution is 5.64. The number of benzene rings is 1. The lowest BCUT2D eigenvalue weighted by Gasteiger charge is -2.16. The van der Waals surface area contributed by atoms with Crippen molar-refractivity contribution in [2.75, 3.05) is 18.1 Å². The third-order valence-corrected chi connectivity index (χ3v) is 2.00. The molecule has 78 valence electrons. The summed E-state index contributed by atoms with van der Waals surface area (Å²) in [6, 6.07) is 4.56. The van der Waals surface area contributed by atoms with Gasteiger partial charge in [0, 0.05) is 0 Å². The Morgan fingerprint density at radius 1 is 1.14 bits per heavy atom. The van der Waals surface area contributed by atoms with Gasteiger partial charge in [0.25, 0.3) is 0 Å². The van der Waals surface area contributed by atoms with Crippen molar-refractivity contribution in [2.45, 2.75) is 12.2 Å². The maximum atomic E-state index is 9.50. The van der Waals surface area contributed by atoms with Crippen LogP contribution in [-0.4, -0.2) is 28.0 Å². The number of anilines is 2. The van der Waals surface area contributed by atoms with Crippen molar-refractivity contribution in [1.29, 1.82) is 0 Å². The van der Waals surface area contributed by atoms with Gasteiger partial charge in [0.05, 0.1) is 18.0 Å². The van der Waals surface area contributed by atoms with Gasteiger partial charge in [-0.05, 0) is 17.7 Å². The molecule has 0 amide bonds. The molecule has 1 rings (SSSR count). The van der Waals surface area contributed by atoms with Gasteiger partial charge >= 0.3 is 0 Å². The maximum Gasteiger partial charge on any atom is 0.107 e. The number of rotatable bonds is 3. The van der Waals surface area contributed by atoms with Crippen LogP contribution in [0.15, 0.2) is 18.2 Å². The molecule has 0 saturated heterocycles. The van der Waals surface area contributed by atoms with Crippen LogP contribution in [-0.2, 0) is 0 Å². The zero-order valence-electron chi connectivity index (χ0n) is 7.59. The van der Waals surface area contributed by atoms with Gasteiger partial charge in [0.15, 0.2) is 0 Å². The van der Waals surface area contributed by atoms with Crippen LogP contribution in [0, 0.1) is 0 Å². The van der Waals surface area contributed by atoms with Crippen molar-refractivity contribution in [3.05, 3.63) is 23.8 Å². The highest BCUT2D eigenvalue weighted by atomic mass is 16.4. The second-order valence-electron chi connectivity index (χ2n) is 3.08. The third kappa shape index (κ3) is 2.14. The Kier molecular flexibility index (Phi) is 3.29. The van der Waals surface area contributed by atoms with Gasteiger partial charge in [-0.15, -0.1) is 0 Å². The Bertz CT molecular complexity index is 317. The van der Waals surface area contributed by atoms with Crippen molar-refractivity contribution < 1.29 is 15.3 Å². The first-order valence-corrected chi connectivity index (χ1v) is 4.18. The van der Waals surface area contributed by atoms with E-state index in [0.29, 0.717) is 16.9 Å². The summed E-state index contributed by atoms with van der Waals surface area (Å²) < 4.78 is 0. The molecule has 5 heteroatoms. The molecule has 14 heavy (non-hydrogen) atoms. The molecule has 0 aliphatic heterocycles. The SMILES string of the molecule is Nc1ccc(C(O)C(O)CO)cc1N. The molecule has 0 aromatic heterocycles. The Morgan fingerprint density at radius 3 is 2.29 bits per heavy atom. The average molecular weight is 198 g/mol. The molecule has 0 radical (unpaired) electrons. The summed E-state index contributed by atoms with van der Waals surface area (Å²) in [5.41, 5.74) is 12.2. The van der Waals surface area contributed by atoms with Crippen molar-refractivity contribution in [2.24, 2.45) is 0 Å². The number of hydrogen-bond donors (Lipinski definition) is 5. The van der Waals surface area contributed by atoms with Gasteiger partial charge < -0.3 is 26.8 Å². The molecule has 0 fully saturated rings. The van der Waals surface area contributed by atoms with E-state index in [0.717, 1.165) is 0 Å². The minimum absolute atomic E-state index is 0.340. The zero-order chi connectivity index (χ0) is 10.7. The van der Waals surface area contributed by atoms with Crippen molar-refractivity contribution in [3.63, 3.8) is 0 Å². The quantitative estimate of drug-likeness (QED) is 0.410. The Morgan fingerprint density at radius 2 is 1.79 bits per heavy atom. The van der Waals surface area contributed by atoms with Gasteiger partial charge in [-0.25, -0.2) is 0 Å². The number of aliphatic hydroxyl groups is 3. The summed E-state index contributed by atoms with van der Waals surface area (Å²) in [5.74, 6) is 0. The fourth-order valence-corrected chi connectivity index (χ4v) is 1.10. The lowest BCUT2D eigenvalue weighted by atomic mass is 10.0. The summed E-state index contributed by atoms with van der Waals surface area (Å²) in [7, 11) is 0. The fraction of sp³-hybridized carbons (Fsp3) is 0.333. The predicted molar refractivity (Wildman–Crippen MR) is 53.3 cm³/mol. The summed E-state index contributed by atoms with van der Waals surface area (Å²) in [6.07, 6.45) is -2.36. The summed E-state index contributed by atoms with van der Waals surface area (Å²) >= 11 is 0. The minimum atomic E-state index is -1.21. The molecule has 1 aromatic carbocycles. The molecule has 0 bridgehead atoms. The molecule has 0 aliphatic rings. The van der Waals surface area contributed by atoms with Crippen LogP contribution in [0.1, 0.15) is 11.7 Å². The fourth-order valence-electron chi connectivity index (χ4n) is 1.10. The first-order chi connectivity index (χ1) is 6.56. The lowest BCUT2D eigenvalue weighted by molar-refractivity contribution is -0.0152. The molecule has 5 nitrogen and oxygen atoms in total. The van der Waals surface area contributed by atoms with Crippen LogP contribution in [0.5, 0.6) is 0 Å². The smallest absolute Gasteiger partial charge is 0.107 e. The van der Waals surface area contributed by atoms with Crippen LogP contribution >= 0.6 is 0 Å². The topological polar surface area (TPSA) is 113 Å². The summed E-state index contributed by atoms with van der Waals surface area (Å²) in [4.78, 5) is 0. The second kappa shape index (κ2) is 4.28. The molecule has 0 saturated carbocycles. The van der Waals surface area contributed by atoms with Gasteiger partial charge in [-0.1, -0.05) is 6.07 Å². The molecule has 0 aliphatic carbocycles. The van der Waals surface area contributed by atoms with Crippen molar-refractivity contribution >= 4 is 11.4 Å². The molecule has 7 N–H and O–H groups in total. The standard InChI is InChI=1S/C9H14N2O3/c10-6-2-1-5(3-7(6)11)9(14)8(13)4-12/h1-3,8-9,12-14H,4,10-11H2. The normalized spacial score (nSPS) is 15.1. The van der Waals surface area contributed by atoms with Gasteiger partial charge in [0.2, 0.25) is 0 Å². The van der Waals surface area contributed by atoms with E-state index in [1.807, 2.05) is 0 Å². The van der Waals surface area contributed by atoms with Gasteiger partial charge in [-0.3, -0.25) is 0 Å². The van der Waals surface area contributed by atoms with Crippen molar-refractivity contribution in [1.82, 2.24) is 0 Å². The third-order valence-electron chi connectivity index (χ3n) is 2.00. The minimum Gasteiger partial charge on any atom is -0.397 e. The summed E-state index contributed by atoms with van der Waals surface area (Å²) in [5, 5.41) is 27.3. The number of nitrogen functional groups attached to an aromatic ring is 2. The molecular weight excluding hydrogens is 184 g/mol. The van der Waals surface area contributed by atoms with Crippen LogP contribution in [0.25, 0.3) is 0 Å². The molecule has 2 atom stereocenters.